The van der Waals surface area contributed by atoms with Crippen molar-refractivity contribution in [1.82, 2.24) is 31.1 Å². The number of likely N-dealkylation sites (N-methyl/N-ethyl adjacent to an activating group) is 2. The number of alkyl carbamates (subject to hydrolysis) is 1. The van der Waals surface area contributed by atoms with Gasteiger partial charge < -0.3 is 35.8 Å². The van der Waals surface area contributed by atoms with Crippen LogP contribution in [0.3, 0.4) is 0 Å². The van der Waals surface area contributed by atoms with E-state index in [2.05, 4.69) is 35.1 Å². The fraction of sp³-hybridized carbons (Fsp3) is 0.705. The Bertz CT molecular complexity index is 1600. The molecule has 4 unspecified atom stereocenters. The normalized spacial score (nSPS) is 20.0. The highest BCUT2D eigenvalue weighted by Gasteiger charge is 2.47. The first kappa shape index (κ1) is 51.5. The average Bonchev–Trinajstić information content (AvgIpc) is 3.92. The first-order chi connectivity index (χ1) is 28.1. The van der Waals surface area contributed by atoms with Gasteiger partial charge in [-0.15, -0.1) is 0 Å². The first-order valence-corrected chi connectivity index (χ1v) is 21.4. The molecule has 0 bridgehead atoms. The van der Waals surface area contributed by atoms with Gasteiger partial charge in [0.2, 0.25) is 35.3 Å². The van der Waals surface area contributed by atoms with Gasteiger partial charge in [-0.1, -0.05) is 77.3 Å². The summed E-state index contributed by atoms with van der Waals surface area (Å²) in [6.45, 7) is 15.0. The van der Waals surface area contributed by atoms with Crippen LogP contribution in [0.25, 0.3) is 0 Å². The maximum atomic E-state index is 14.0. The second kappa shape index (κ2) is 24.0. The summed E-state index contributed by atoms with van der Waals surface area (Å²) >= 11 is 0. The predicted molar refractivity (Wildman–Crippen MR) is 225 cm³/mol. The lowest BCUT2D eigenvalue weighted by atomic mass is 9.81. The molecule has 0 aromatic heterocycles. The van der Waals surface area contributed by atoms with Crippen molar-refractivity contribution in [2.75, 3.05) is 27.2 Å². The molecule has 3 fully saturated rings. The number of carbonyl (C=O) groups excluding carboxylic acids is 7. The van der Waals surface area contributed by atoms with Gasteiger partial charge in [-0.05, 0) is 76.2 Å². The molecule has 1 saturated heterocycles. The van der Waals surface area contributed by atoms with E-state index in [4.69, 9.17) is 4.74 Å². The third-order valence-corrected chi connectivity index (χ3v) is 10.7. The van der Waals surface area contributed by atoms with Crippen LogP contribution in [0.1, 0.15) is 131 Å². The van der Waals surface area contributed by atoms with Crippen molar-refractivity contribution >= 4 is 41.4 Å². The summed E-state index contributed by atoms with van der Waals surface area (Å²) in [5.41, 5.74) is -0.00826. The number of ketones is 1. The highest BCUT2D eigenvalue weighted by molar-refractivity contribution is 6.38. The van der Waals surface area contributed by atoms with Gasteiger partial charge >= 0.3 is 6.09 Å². The zero-order valence-electron chi connectivity index (χ0n) is 37.3. The van der Waals surface area contributed by atoms with Crippen LogP contribution in [0.4, 0.5) is 13.6 Å². The number of Topliss-reactive ketones (excluding diaryl/α,β-unsaturated/α-hetero) is 1. The van der Waals surface area contributed by atoms with Crippen LogP contribution in [0, 0.1) is 17.8 Å². The van der Waals surface area contributed by atoms with Crippen LogP contribution >= 0.6 is 0 Å². The van der Waals surface area contributed by atoms with E-state index in [0.29, 0.717) is 19.3 Å². The van der Waals surface area contributed by atoms with E-state index in [-0.39, 0.29) is 49.6 Å². The van der Waals surface area contributed by atoms with Crippen molar-refractivity contribution < 1.29 is 47.1 Å². The number of rotatable bonds is 15. The number of nitrogens with one attached hydrogen (secondary N) is 4. The van der Waals surface area contributed by atoms with Crippen molar-refractivity contribution in [3.05, 3.63) is 35.9 Å². The number of likely N-dealkylation sites (tertiary alicyclic amines) is 1. The summed E-state index contributed by atoms with van der Waals surface area (Å²) in [6, 6.07) is 5.51. The van der Waals surface area contributed by atoms with Crippen molar-refractivity contribution in [3.63, 3.8) is 0 Å². The average molecular weight is 849 g/mol. The predicted octanol–water partition coefficient (Wildman–Crippen LogP) is 5.69. The van der Waals surface area contributed by atoms with Crippen molar-refractivity contribution in [2.24, 2.45) is 17.8 Å². The van der Waals surface area contributed by atoms with Crippen LogP contribution < -0.4 is 21.3 Å². The standard InChI is InChI=1S/C29H46F2N4O6.C12H16N2O2.C3H8/c1-6-28(4,5)41-27(40)34-22(19-10-12-29(30,31)13-11-19)26(39)35-16-17(3)14-21(35)24(37)33-20(15-18-8-9-18)23(36)25(38)32-7-2;1-9(15)13-11(12(16)14(2)3)10-7-5-4-6-8-10;1-3-2/h17-22H,6-16H2,1-5H3,(H,32,38)(H,33,37)(H,34,40);4-8,11H,1-3H3,(H,13,15);3H2,1-2H3/t17-,20?,21?,22?;;/m1../s1. The Morgan fingerprint density at radius 1 is 0.917 bits per heavy atom. The van der Waals surface area contributed by atoms with E-state index in [9.17, 15) is 42.3 Å². The lowest BCUT2D eigenvalue weighted by Gasteiger charge is -2.37. The van der Waals surface area contributed by atoms with Crippen LogP contribution in [0.15, 0.2) is 30.3 Å². The van der Waals surface area contributed by atoms with Crippen molar-refractivity contribution in [1.29, 1.82) is 0 Å². The Kier molecular flexibility index (Phi) is 20.6. The number of hydrogen-bond acceptors (Lipinski definition) is 8. The van der Waals surface area contributed by atoms with Crippen molar-refractivity contribution in [3.8, 4) is 0 Å². The summed E-state index contributed by atoms with van der Waals surface area (Å²) in [7, 11) is 3.33. The number of carbonyl (C=O) groups is 7. The zero-order chi connectivity index (χ0) is 45.4. The molecule has 4 N–H and O–H groups in total. The van der Waals surface area contributed by atoms with Gasteiger partial charge in [-0.2, -0.15) is 0 Å². The largest absolute Gasteiger partial charge is 0.444 e. The van der Waals surface area contributed by atoms with Crippen molar-refractivity contribution in [2.45, 2.75) is 155 Å². The number of halogens is 2. The minimum absolute atomic E-state index is 0.0334. The van der Waals surface area contributed by atoms with Gasteiger partial charge in [0.25, 0.3) is 5.91 Å². The number of hydrogen-bond donors (Lipinski definition) is 4. The summed E-state index contributed by atoms with van der Waals surface area (Å²) in [5.74, 6) is -6.12. The monoisotopic (exact) mass is 849 g/mol. The molecule has 16 heteroatoms. The van der Waals surface area contributed by atoms with Crippen LogP contribution in [0.5, 0.6) is 0 Å². The summed E-state index contributed by atoms with van der Waals surface area (Å²) < 4.78 is 33.4. The molecule has 0 spiro atoms. The minimum Gasteiger partial charge on any atom is -0.444 e. The molecule has 1 aromatic carbocycles. The molecule has 338 valence electrons. The lowest BCUT2D eigenvalue weighted by Crippen LogP contribution is -2.58. The molecule has 4 rings (SSSR count). The molecular weight excluding hydrogens is 779 g/mol. The zero-order valence-corrected chi connectivity index (χ0v) is 37.3. The first-order valence-electron chi connectivity index (χ1n) is 21.4. The molecule has 6 amide bonds. The second-order valence-electron chi connectivity index (χ2n) is 17.1. The SMILES string of the molecule is CC(=O)NC(C(=O)N(C)C)c1ccccc1.CCC.CCNC(=O)C(=O)C(CC1CC1)NC(=O)C1C[C@@H](C)CN1C(=O)C(NC(=O)OC(C)(C)CC)C1CCC(F)(F)CC1. The van der Waals surface area contributed by atoms with E-state index in [1.165, 1.54) is 23.1 Å². The Labute approximate surface area is 355 Å². The van der Waals surface area contributed by atoms with Crippen LogP contribution in [-0.2, 0) is 33.5 Å². The van der Waals surface area contributed by atoms with Crippen LogP contribution in [0.2, 0.25) is 0 Å². The molecule has 1 aromatic rings. The molecule has 1 aliphatic heterocycles. The van der Waals surface area contributed by atoms with Gasteiger partial charge in [-0.25, -0.2) is 13.6 Å². The number of alkyl halides is 2. The minimum atomic E-state index is -2.83. The fourth-order valence-electron chi connectivity index (χ4n) is 6.96. The van der Waals surface area contributed by atoms with Gasteiger partial charge in [-0.3, -0.25) is 28.8 Å². The topological polar surface area (TPSA) is 183 Å². The number of benzene rings is 1. The Morgan fingerprint density at radius 2 is 1.50 bits per heavy atom. The molecule has 2 aliphatic carbocycles. The second-order valence-corrected chi connectivity index (χ2v) is 17.1. The molecule has 5 atom stereocenters. The maximum Gasteiger partial charge on any atom is 0.408 e. The molecular formula is C44H70F2N6O8. The molecule has 0 radical (unpaired) electrons. The summed E-state index contributed by atoms with van der Waals surface area (Å²) in [6.07, 6.45) is 2.72. The van der Waals surface area contributed by atoms with Gasteiger partial charge in [0.05, 0.1) is 6.04 Å². The highest BCUT2D eigenvalue weighted by atomic mass is 19.3. The Hall–Kier alpha value is -4.63. The third kappa shape index (κ3) is 16.8. The maximum absolute atomic E-state index is 14.0. The lowest BCUT2D eigenvalue weighted by molar-refractivity contribution is -0.144. The molecule has 60 heavy (non-hydrogen) atoms. The summed E-state index contributed by atoms with van der Waals surface area (Å²) in [4.78, 5) is 91.3. The van der Waals surface area contributed by atoms with E-state index < -0.39 is 84.0 Å². The van der Waals surface area contributed by atoms with Gasteiger partial charge in [0.15, 0.2) is 0 Å². The van der Waals surface area contributed by atoms with Crippen LogP contribution in [-0.4, -0.2) is 108 Å². The smallest absolute Gasteiger partial charge is 0.408 e. The van der Waals surface area contributed by atoms with E-state index in [1.54, 1.807) is 34.9 Å². The highest BCUT2D eigenvalue weighted by Crippen LogP contribution is 2.39. The number of ether oxygens (including phenoxy) is 1. The van der Waals surface area contributed by atoms with E-state index in [1.807, 2.05) is 44.2 Å². The Balaban J connectivity index is 0.000000541. The number of nitrogens with zero attached hydrogens (tertiary/aromatic N) is 2. The molecule has 14 nitrogen and oxygen atoms in total. The van der Waals surface area contributed by atoms with E-state index >= 15 is 0 Å². The third-order valence-electron chi connectivity index (χ3n) is 10.7. The van der Waals surface area contributed by atoms with Gasteiger partial charge in [0.1, 0.15) is 23.7 Å². The van der Waals surface area contributed by atoms with E-state index in [0.717, 1.165) is 18.4 Å². The molecule has 3 aliphatic rings. The molecule has 2 saturated carbocycles. The molecule has 1 heterocycles. The number of amides is 6. The summed E-state index contributed by atoms with van der Waals surface area (Å²) in [5, 5.41) is 10.5. The Morgan fingerprint density at radius 3 is 2.00 bits per heavy atom. The van der Waals surface area contributed by atoms with Gasteiger partial charge in [0, 0.05) is 47.0 Å². The fourth-order valence-corrected chi connectivity index (χ4v) is 6.96. The quantitative estimate of drug-likeness (QED) is 0.162.